The lowest BCUT2D eigenvalue weighted by atomic mass is 11.8. The van der Waals surface area contributed by atoms with Gasteiger partial charge in [0.05, 0.1) is 21.3 Å². The Balaban J connectivity index is 3.30. The molecule has 0 aromatic rings. The molecule has 0 aromatic carbocycles. The zero-order valence-electron chi connectivity index (χ0n) is 5.90. The molecule has 0 amide bonds. The van der Waals surface area contributed by atoms with Crippen LogP contribution in [0, 0.1) is 0 Å². The summed E-state index contributed by atoms with van der Waals surface area (Å²) in [7, 11) is 2.21. The molecule has 0 N–H and O–H groups in total. The molecule has 0 rings (SSSR count). The Hall–Kier alpha value is 0.190. The molecule has 0 saturated carbocycles. The van der Waals surface area contributed by atoms with Gasteiger partial charge in [0, 0.05) is 0 Å². The molecule has 6 nitrogen and oxygen atoms in total. The smallest absolute Gasteiger partial charge is 0.232 e. The lowest BCUT2D eigenvalue weighted by molar-refractivity contribution is -0.288. The van der Waals surface area contributed by atoms with E-state index in [1.54, 1.807) is 0 Å². The van der Waals surface area contributed by atoms with Crippen LogP contribution in [0.2, 0.25) is 0 Å². The average molecular weight is 172 g/mol. The van der Waals surface area contributed by atoms with E-state index in [9.17, 15) is 0 Å². The van der Waals surface area contributed by atoms with Crippen molar-refractivity contribution in [1.29, 1.82) is 0 Å². The summed E-state index contributed by atoms with van der Waals surface area (Å²) in [6.45, 7) is 0. The van der Waals surface area contributed by atoms with Crippen molar-refractivity contribution in [2.24, 2.45) is 0 Å². The van der Waals surface area contributed by atoms with Gasteiger partial charge in [0.1, 0.15) is 0 Å². The van der Waals surface area contributed by atoms with E-state index in [0.717, 1.165) is 0 Å². The minimum Gasteiger partial charge on any atom is -0.232 e. The number of hydrogen-bond donors (Lipinski definition) is 0. The van der Waals surface area contributed by atoms with Gasteiger partial charge >= 0.3 is 8.60 Å². The Bertz CT molecular complexity index is 55.7. The first-order valence-electron chi connectivity index (χ1n) is 2.27. The highest BCUT2D eigenvalue weighted by Gasteiger charge is 2.14. The van der Waals surface area contributed by atoms with Gasteiger partial charge in [-0.05, 0) is 0 Å². The second-order valence-corrected chi connectivity index (χ2v) is 1.84. The Labute approximate surface area is 59.7 Å². The summed E-state index contributed by atoms with van der Waals surface area (Å²) in [5.74, 6) is 0. The Morgan fingerprint density at radius 1 is 0.700 bits per heavy atom. The minimum absolute atomic E-state index is 1.31. The van der Waals surface area contributed by atoms with Crippen LogP contribution >= 0.6 is 8.60 Å². The standard InChI is InChI=1S/C3H9O6P/c1-4-7-10(8-5-2)9-6-3/h1-3H3. The van der Waals surface area contributed by atoms with Crippen molar-refractivity contribution in [3.8, 4) is 0 Å². The maximum Gasteiger partial charge on any atom is 0.421 e. The summed E-state index contributed by atoms with van der Waals surface area (Å²) in [6, 6.07) is 0. The first kappa shape index (κ1) is 10.2. The Morgan fingerprint density at radius 3 is 1.20 bits per heavy atom. The van der Waals surface area contributed by atoms with Gasteiger partial charge < -0.3 is 0 Å². The summed E-state index contributed by atoms with van der Waals surface area (Å²) in [5.41, 5.74) is 0. The third-order valence-corrected chi connectivity index (χ3v) is 1.22. The first-order valence-corrected chi connectivity index (χ1v) is 3.37. The average Bonchev–Trinajstić information content (AvgIpc) is 1.90. The largest absolute Gasteiger partial charge is 0.421 e. The first-order chi connectivity index (χ1) is 4.85. The van der Waals surface area contributed by atoms with Crippen LogP contribution in [0.3, 0.4) is 0 Å². The van der Waals surface area contributed by atoms with E-state index < -0.39 is 8.60 Å². The summed E-state index contributed by atoms with van der Waals surface area (Å²) in [4.78, 5) is 12.7. The van der Waals surface area contributed by atoms with Crippen LogP contribution in [0.4, 0.5) is 0 Å². The van der Waals surface area contributed by atoms with E-state index in [-0.39, 0.29) is 0 Å². The molecule has 0 aliphatic rings. The van der Waals surface area contributed by atoms with Crippen molar-refractivity contribution in [2.75, 3.05) is 21.3 Å². The molecular formula is C3H9O6P. The molecule has 10 heavy (non-hydrogen) atoms. The predicted molar refractivity (Wildman–Crippen MR) is 31.2 cm³/mol. The summed E-state index contributed by atoms with van der Waals surface area (Å²) >= 11 is 0. The molecule has 0 fully saturated rings. The third kappa shape index (κ3) is 5.01. The quantitative estimate of drug-likeness (QED) is 0.337. The van der Waals surface area contributed by atoms with E-state index in [1.165, 1.54) is 21.3 Å². The van der Waals surface area contributed by atoms with Gasteiger partial charge in [-0.2, -0.15) is 0 Å². The van der Waals surface area contributed by atoms with Gasteiger partial charge in [-0.25, -0.2) is 14.7 Å². The maximum atomic E-state index is 4.39. The van der Waals surface area contributed by atoms with Gasteiger partial charge in [0.15, 0.2) is 0 Å². The van der Waals surface area contributed by atoms with Crippen molar-refractivity contribution in [2.45, 2.75) is 0 Å². The topological polar surface area (TPSA) is 55.4 Å². The van der Waals surface area contributed by atoms with Crippen LogP contribution in [0.15, 0.2) is 0 Å². The molecule has 0 unspecified atom stereocenters. The molecule has 0 bridgehead atoms. The Morgan fingerprint density at radius 2 is 1.00 bits per heavy atom. The van der Waals surface area contributed by atoms with Crippen LogP contribution in [-0.2, 0) is 28.7 Å². The number of rotatable bonds is 6. The Kier molecular flexibility index (Phi) is 7.44. The van der Waals surface area contributed by atoms with E-state index in [2.05, 4.69) is 28.7 Å². The molecule has 0 aliphatic carbocycles. The maximum absolute atomic E-state index is 4.39. The monoisotopic (exact) mass is 172 g/mol. The fourth-order valence-electron chi connectivity index (χ4n) is 0.220. The van der Waals surface area contributed by atoms with Crippen LogP contribution in [0.5, 0.6) is 0 Å². The van der Waals surface area contributed by atoms with Crippen molar-refractivity contribution < 1.29 is 28.7 Å². The van der Waals surface area contributed by atoms with Gasteiger partial charge in [-0.3, -0.25) is 0 Å². The molecule has 0 saturated heterocycles. The zero-order chi connectivity index (χ0) is 7.82. The fourth-order valence-corrected chi connectivity index (χ4v) is 0.660. The molecule has 0 aliphatic heterocycles. The minimum atomic E-state index is -1.73. The third-order valence-electron chi connectivity index (χ3n) is 0.406. The van der Waals surface area contributed by atoms with Crippen LogP contribution in [-0.4, -0.2) is 21.3 Å². The van der Waals surface area contributed by atoms with Crippen LogP contribution in [0.1, 0.15) is 0 Å². The van der Waals surface area contributed by atoms with E-state index >= 15 is 0 Å². The van der Waals surface area contributed by atoms with E-state index in [0.29, 0.717) is 0 Å². The van der Waals surface area contributed by atoms with Gasteiger partial charge in [0.25, 0.3) is 0 Å². The highest BCUT2D eigenvalue weighted by Crippen LogP contribution is 2.39. The van der Waals surface area contributed by atoms with Crippen LogP contribution < -0.4 is 0 Å². The summed E-state index contributed by atoms with van der Waals surface area (Å²) < 4.78 is 13.2. The second kappa shape index (κ2) is 7.30. The lowest BCUT2D eigenvalue weighted by Gasteiger charge is -2.08. The van der Waals surface area contributed by atoms with E-state index in [4.69, 9.17) is 0 Å². The highest BCUT2D eigenvalue weighted by atomic mass is 31.2. The molecule has 62 valence electrons. The van der Waals surface area contributed by atoms with E-state index in [1.807, 2.05) is 0 Å². The van der Waals surface area contributed by atoms with Gasteiger partial charge in [-0.15, -0.1) is 14.0 Å². The molecule has 0 aromatic heterocycles. The molecule has 0 atom stereocenters. The summed E-state index contributed by atoms with van der Waals surface area (Å²) in [6.07, 6.45) is 0. The molecule has 0 radical (unpaired) electrons. The lowest BCUT2D eigenvalue weighted by Crippen LogP contribution is -1.93. The summed E-state index contributed by atoms with van der Waals surface area (Å²) in [5, 5.41) is 0. The number of hydrogen-bond acceptors (Lipinski definition) is 6. The zero-order valence-corrected chi connectivity index (χ0v) is 6.79. The molecule has 0 spiro atoms. The van der Waals surface area contributed by atoms with Crippen molar-refractivity contribution in [3.63, 3.8) is 0 Å². The second-order valence-electron chi connectivity index (χ2n) is 0.947. The van der Waals surface area contributed by atoms with Gasteiger partial charge in [0.2, 0.25) is 0 Å². The molecule has 7 heteroatoms. The normalized spacial score (nSPS) is 10.8. The SMILES string of the molecule is COOP(OOC)OOC. The predicted octanol–water partition coefficient (Wildman–Crippen LogP) is 0.947. The van der Waals surface area contributed by atoms with Gasteiger partial charge in [-0.1, -0.05) is 0 Å². The molecular weight excluding hydrogens is 163 g/mol. The van der Waals surface area contributed by atoms with Crippen molar-refractivity contribution in [1.82, 2.24) is 0 Å². The van der Waals surface area contributed by atoms with Crippen molar-refractivity contribution in [3.05, 3.63) is 0 Å². The van der Waals surface area contributed by atoms with Crippen molar-refractivity contribution >= 4 is 8.60 Å². The van der Waals surface area contributed by atoms with Crippen LogP contribution in [0.25, 0.3) is 0 Å². The molecule has 0 heterocycles. The fraction of sp³-hybridized carbons (Fsp3) is 1.00. The highest BCUT2D eigenvalue weighted by molar-refractivity contribution is 7.41.